The number of nitrogens with one attached hydrogen (secondary N) is 1. The van der Waals surface area contributed by atoms with Gasteiger partial charge in [0.25, 0.3) is 5.91 Å². The van der Waals surface area contributed by atoms with E-state index in [2.05, 4.69) is 27.6 Å². The second-order valence-corrected chi connectivity index (χ2v) is 6.65. The number of nitrogens with zero attached hydrogens (tertiary/aromatic N) is 3. The molecule has 1 heterocycles. The number of hydrogen-bond donors (Lipinski definition) is 1. The number of benzene rings is 2. The van der Waals surface area contributed by atoms with Crippen molar-refractivity contribution in [2.24, 2.45) is 5.10 Å². The van der Waals surface area contributed by atoms with Crippen LogP contribution in [0.15, 0.2) is 59.7 Å². The Kier molecular flexibility index (Phi) is 7.34. The third-order valence-corrected chi connectivity index (χ3v) is 4.65. The van der Waals surface area contributed by atoms with Gasteiger partial charge in [-0.2, -0.15) is 10.4 Å². The highest BCUT2D eigenvalue weighted by Crippen LogP contribution is 2.23. The van der Waals surface area contributed by atoms with E-state index in [-0.39, 0.29) is 18.6 Å². The minimum atomic E-state index is -0.383. The third kappa shape index (κ3) is 5.64. The van der Waals surface area contributed by atoms with Gasteiger partial charge in [-0.15, -0.1) is 0 Å². The highest BCUT2D eigenvalue weighted by molar-refractivity contribution is 5.90. The fourth-order valence-electron chi connectivity index (χ4n) is 3.26. The average molecular weight is 392 g/mol. The zero-order valence-electron chi connectivity index (χ0n) is 16.4. The number of ether oxygens (including phenoxy) is 2. The first kappa shape index (κ1) is 20.5. The van der Waals surface area contributed by atoms with Crippen molar-refractivity contribution >= 4 is 11.6 Å². The third-order valence-electron chi connectivity index (χ3n) is 4.65. The summed E-state index contributed by atoms with van der Waals surface area (Å²) in [4.78, 5) is 14.5. The van der Waals surface area contributed by atoms with Gasteiger partial charge in [0, 0.05) is 13.1 Å². The van der Waals surface area contributed by atoms with Gasteiger partial charge in [0.15, 0.2) is 6.61 Å². The molecule has 1 saturated heterocycles. The molecule has 1 atom stereocenters. The second-order valence-electron chi connectivity index (χ2n) is 6.65. The molecule has 0 spiro atoms. The first-order valence-electron chi connectivity index (χ1n) is 9.50. The standard InChI is InChI=1S/C22H24N4O3/c1-17(22(18-7-3-2-4-8-18)26-11-13-28-14-12-26)24-25-21(27)16-29-20-10-6-5-9-19(20)15-23/h2-10,22H,11-14,16H2,1H3,(H,25,27)/b24-17-/t22-/m0/s1. The molecule has 2 aromatic carbocycles. The molecule has 7 heteroatoms. The van der Waals surface area contributed by atoms with Crippen molar-refractivity contribution < 1.29 is 14.3 Å². The van der Waals surface area contributed by atoms with E-state index in [0.29, 0.717) is 24.5 Å². The van der Waals surface area contributed by atoms with Crippen molar-refractivity contribution in [3.05, 3.63) is 65.7 Å². The zero-order chi connectivity index (χ0) is 20.5. The topological polar surface area (TPSA) is 86.9 Å². The van der Waals surface area contributed by atoms with E-state index in [1.54, 1.807) is 24.3 Å². The SMILES string of the molecule is C/C(=N/NC(=O)COc1ccccc1C#N)[C@@H](c1ccccc1)N1CCOCC1. The maximum Gasteiger partial charge on any atom is 0.277 e. The number of nitriles is 1. The van der Waals surface area contributed by atoms with Crippen molar-refractivity contribution in [2.45, 2.75) is 13.0 Å². The quantitative estimate of drug-likeness (QED) is 0.578. The van der Waals surface area contributed by atoms with Crippen LogP contribution in [0.4, 0.5) is 0 Å². The zero-order valence-corrected chi connectivity index (χ0v) is 16.4. The number of carbonyl (C=O) groups is 1. The van der Waals surface area contributed by atoms with Crippen molar-refractivity contribution in [2.75, 3.05) is 32.9 Å². The first-order chi connectivity index (χ1) is 14.2. The molecule has 1 aliphatic heterocycles. The molecular weight excluding hydrogens is 368 g/mol. The van der Waals surface area contributed by atoms with Crippen LogP contribution in [-0.4, -0.2) is 49.4 Å². The predicted molar refractivity (Wildman–Crippen MR) is 109 cm³/mol. The van der Waals surface area contributed by atoms with Crippen LogP contribution in [0.2, 0.25) is 0 Å². The molecule has 0 aliphatic carbocycles. The molecule has 0 unspecified atom stereocenters. The van der Waals surface area contributed by atoms with E-state index in [1.165, 1.54) is 0 Å². The Morgan fingerprint density at radius 3 is 2.62 bits per heavy atom. The predicted octanol–water partition coefficient (Wildman–Crippen LogP) is 2.50. The smallest absolute Gasteiger partial charge is 0.277 e. The molecule has 0 aromatic heterocycles. The summed E-state index contributed by atoms with van der Waals surface area (Å²) in [5.74, 6) is -0.00721. The Balaban J connectivity index is 1.65. The molecule has 7 nitrogen and oxygen atoms in total. The van der Waals surface area contributed by atoms with Crippen molar-refractivity contribution in [1.82, 2.24) is 10.3 Å². The summed E-state index contributed by atoms with van der Waals surface area (Å²) in [6.07, 6.45) is 0. The second kappa shape index (κ2) is 10.4. The highest BCUT2D eigenvalue weighted by Gasteiger charge is 2.25. The molecule has 150 valence electrons. The Bertz CT molecular complexity index is 886. The van der Waals surface area contributed by atoms with E-state index in [4.69, 9.17) is 14.7 Å². The van der Waals surface area contributed by atoms with Crippen LogP contribution in [-0.2, 0) is 9.53 Å². The van der Waals surface area contributed by atoms with E-state index >= 15 is 0 Å². The molecule has 1 N–H and O–H groups in total. The van der Waals surface area contributed by atoms with Crippen LogP contribution in [0.5, 0.6) is 5.75 Å². The number of carbonyl (C=O) groups excluding carboxylic acids is 1. The summed E-state index contributed by atoms with van der Waals surface area (Å²) in [7, 11) is 0. The Hall–Kier alpha value is -3.21. The van der Waals surface area contributed by atoms with Gasteiger partial charge in [0.1, 0.15) is 11.8 Å². The van der Waals surface area contributed by atoms with Gasteiger partial charge in [-0.1, -0.05) is 42.5 Å². The molecule has 0 radical (unpaired) electrons. The number of rotatable bonds is 7. The molecule has 0 bridgehead atoms. The summed E-state index contributed by atoms with van der Waals surface area (Å²) < 4.78 is 10.9. The summed E-state index contributed by atoms with van der Waals surface area (Å²) in [5, 5.41) is 13.4. The number of amides is 1. The van der Waals surface area contributed by atoms with Gasteiger partial charge in [-0.3, -0.25) is 9.69 Å². The Morgan fingerprint density at radius 2 is 1.90 bits per heavy atom. The number of para-hydroxylation sites is 1. The van der Waals surface area contributed by atoms with E-state index < -0.39 is 0 Å². The lowest BCUT2D eigenvalue weighted by molar-refractivity contribution is -0.123. The fourth-order valence-corrected chi connectivity index (χ4v) is 3.26. The van der Waals surface area contributed by atoms with E-state index in [1.807, 2.05) is 31.2 Å². The lowest BCUT2D eigenvalue weighted by Gasteiger charge is -2.34. The largest absolute Gasteiger partial charge is 0.482 e. The molecule has 2 aromatic rings. The van der Waals surface area contributed by atoms with Crippen LogP contribution < -0.4 is 10.2 Å². The molecule has 3 rings (SSSR count). The van der Waals surface area contributed by atoms with Gasteiger partial charge >= 0.3 is 0 Å². The average Bonchev–Trinajstić information content (AvgIpc) is 2.78. The van der Waals surface area contributed by atoms with Gasteiger partial charge in [-0.05, 0) is 24.6 Å². The Labute approximate surface area is 170 Å². The molecule has 1 fully saturated rings. The first-order valence-corrected chi connectivity index (χ1v) is 9.50. The van der Waals surface area contributed by atoms with Crippen molar-refractivity contribution in [1.29, 1.82) is 5.26 Å². The maximum absolute atomic E-state index is 12.2. The summed E-state index contributed by atoms with van der Waals surface area (Å²) >= 11 is 0. The molecule has 0 saturated carbocycles. The fraction of sp³-hybridized carbons (Fsp3) is 0.318. The van der Waals surface area contributed by atoms with E-state index in [0.717, 1.165) is 24.4 Å². The minimum Gasteiger partial charge on any atom is -0.482 e. The van der Waals surface area contributed by atoms with Crippen LogP contribution in [0, 0.1) is 11.3 Å². The molecule has 1 amide bonds. The normalized spacial score (nSPS) is 15.9. The Morgan fingerprint density at radius 1 is 1.21 bits per heavy atom. The molecular formula is C22H24N4O3. The minimum absolute atomic E-state index is 0.0411. The lowest BCUT2D eigenvalue weighted by atomic mass is 10.0. The van der Waals surface area contributed by atoms with Gasteiger partial charge < -0.3 is 9.47 Å². The lowest BCUT2D eigenvalue weighted by Crippen LogP contribution is -2.42. The number of morpholine rings is 1. The molecule has 29 heavy (non-hydrogen) atoms. The van der Waals surface area contributed by atoms with Crippen molar-refractivity contribution in [3.8, 4) is 11.8 Å². The van der Waals surface area contributed by atoms with Crippen LogP contribution >= 0.6 is 0 Å². The van der Waals surface area contributed by atoms with Crippen LogP contribution in [0.25, 0.3) is 0 Å². The monoisotopic (exact) mass is 392 g/mol. The van der Waals surface area contributed by atoms with Gasteiger partial charge in [-0.25, -0.2) is 5.43 Å². The summed E-state index contributed by atoms with van der Waals surface area (Å²) in [6.45, 7) is 4.63. The summed E-state index contributed by atoms with van der Waals surface area (Å²) in [5.41, 5.74) is 4.84. The van der Waals surface area contributed by atoms with Crippen LogP contribution in [0.3, 0.4) is 0 Å². The van der Waals surface area contributed by atoms with E-state index in [9.17, 15) is 4.79 Å². The van der Waals surface area contributed by atoms with Gasteiger partial charge in [0.2, 0.25) is 0 Å². The maximum atomic E-state index is 12.2. The number of hydrogen-bond acceptors (Lipinski definition) is 6. The van der Waals surface area contributed by atoms with Crippen LogP contribution in [0.1, 0.15) is 24.1 Å². The highest BCUT2D eigenvalue weighted by atomic mass is 16.5. The van der Waals surface area contributed by atoms with Gasteiger partial charge in [0.05, 0.1) is 30.5 Å². The summed E-state index contributed by atoms with van der Waals surface area (Å²) in [6, 6.07) is 18.9. The van der Waals surface area contributed by atoms with Crippen molar-refractivity contribution in [3.63, 3.8) is 0 Å². The molecule has 1 aliphatic rings. The number of hydrazone groups is 1.